The van der Waals surface area contributed by atoms with Crippen LogP contribution in [0.25, 0.3) is 18.2 Å². The van der Waals surface area contributed by atoms with Crippen molar-refractivity contribution in [3.8, 4) is 0 Å². The van der Waals surface area contributed by atoms with Crippen LogP contribution in [0.1, 0.15) is 88.0 Å². The van der Waals surface area contributed by atoms with Crippen LogP contribution in [0.5, 0.6) is 0 Å². The van der Waals surface area contributed by atoms with Crippen LogP contribution >= 0.6 is 0 Å². The summed E-state index contributed by atoms with van der Waals surface area (Å²) in [6.07, 6.45) is 7.46. The number of carbonyl (C=O) groups excluding carboxylic acids is 2. The van der Waals surface area contributed by atoms with Crippen LogP contribution in [0.15, 0.2) is 33.0 Å². The molecule has 0 fully saturated rings. The van der Waals surface area contributed by atoms with Gasteiger partial charge in [0.1, 0.15) is 0 Å². The van der Waals surface area contributed by atoms with Crippen molar-refractivity contribution in [3.05, 3.63) is 72.3 Å². The number of aromatic nitrogens is 2. The number of carboxylic acids is 2. The highest BCUT2D eigenvalue weighted by molar-refractivity contribution is 6.30. The minimum absolute atomic E-state index is 0.138. The number of amides is 2. The third-order valence-electron chi connectivity index (χ3n) is 9.00. The molecule has 4 heterocycles. The zero-order chi connectivity index (χ0) is 33.3. The summed E-state index contributed by atoms with van der Waals surface area (Å²) in [5, 5.41) is 23.8. The summed E-state index contributed by atoms with van der Waals surface area (Å²) >= 11 is 0. The fourth-order valence-corrected chi connectivity index (χ4v) is 5.99. The van der Waals surface area contributed by atoms with Crippen molar-refractivity contribution in [1.29, 1.82) is 0 Å². The molecule has 0 saturated heterocycles. The standard InChI is InChI=1S/C35H42N4O6/c1-9-22-20(7)32(40)38-28(22)13-26-18(5)24(11-16(3)34(42)43)30(36-26)15-31-25(12-17(4)35(44)45)19(6)27(37-31)14-29-23(10-2)21(8)33(41)39-29/h13-17,36-37H,9-12H2,1-8H3,(H,38,40)(H,42,43)(H,44,45)/b27-14-,28-13-,31-15+/t16-,17-/m1/s1. The van der Waals surface area contributed by atoms with Gasteiger partial charge >= 0.3 is 11.9 Å². The number of allylic oxidation sites excluding steroid dienone is 2. The summed E-state index contributed by atoms with van der Waals surface area (Å²) < 4.78 is 0. The maximum absolute atomic E-state index is 12.4. The number of H-pyrrole nitrogens is 2. The molecule has 2 aromatic rings. The van der Waals surface area contributed by atoms with Crippen molar-refractivity contribution in [2.75, 3.05) is 0 Å². The molecule has 5 N–H and O–H groups in total. The lowest BCUT2D eigenvalue weighted by Gasteiger charge is -2.08. The van der Waals surface area contributed by atoms with Gasteiger partial charge < -0.3 is 25.5 Å². The maximum Gasteiger partial charge on any atom is 0.306 e. The van der Waals surface area contributed by atoms with Crippen LogP contribution < -0.4 is 16.0 Å². The summed E-state index contributed by atoms with van der Waals surface area (Å²) in [6, 6.07) is 0. The Morgan fingerprint density at radius 2 is 1.36 bits per heavy atom. The average Bonchev–Trinajstić information content (AvgIpc) is 3.62. The van der Waals surface area contributed by atoms with E-state index in [1.807, 2.05) is 45.9 Å². The molecule has 4 rings (SSSR count). The molecule has 2 aromatic heterocycles. The SMILES string of the molecule is CCC1=C(C)C(=O)N=C1/C=c1\[nH]/c(=C/c2[nH]c(/C=C3\NC(=O)C(C)=C3CC)c(C)c2C[C@@H](C)C(=O)O)c(C[C@@H](C)C(=O)O)c1C. The van der Waals surface area contributed by atoms with E-state index >= 15 is 0 Å². The molecule has 238 valence electrons. The molecule has 0 unspecified atom stereocenters. The predicted octanol–water partition coefficient (Wildman–Crippen LogP) is 4.00. The van der Waals surface area contributed by atoms with Crippen LogP contribution in [-0.2, 0) is 32.0 Å². The minimum atomic E-state index is -0.918. The van der Waals surface area contributed by atoms with Gasteiger partial charge in [-0.05, 0) is 105 Å². The van der Waals surface area contributed by atoms with E-state index < -0.39 is 23.8 Å². The van der Waals surface area contributed by atoms with Gasteiger partial charge in [-0.15, -0.1) is 0 Å². The summed E-state index contributed by atoms with van der Waals surface area (Å²) in [7, 11) is 0. The number of hydrogen-bond acceptors (Lipinski definition) is 4. The summed E-state index contributed by atoms with van der Waals surface area (Å²) in [4.78, 5) is 59.6. The van der Waals surface area contributed by atoms with Crippen molar-refractivity contribution >= 4 is 47.7 Å². The Hall–Kier alpha value is -4.73. The fraction of sp³-hybridized carbons (Fsp3) is 0.400. The number of aromatic amines is 2. The Labute approximate surface area is 262 Å². The Kier molecular flexibility index (Phi) is 9.65. The van der Waals surface area contributed by atoms with Gasteiger partial charge in [-0.25, -0.2) is 4.99 Å². The number of rotatable bonds is 11. The molecule has 2 atom stereocenters. The first-order valence-corrected chi connectivity index (χ1v) is 15.3. The number of carbonyl (C=O) groups is 4. The quantitative estimate of drug-likeness (QED) is 0.257. The number of aliphatic carboxylic acids is 2. The van der Waals surface area contributed by atoms with E-state index in [2.05, 4.69) is 20.3 Å². The van der Waals surface area contributed by atoms with Gasteiger partial charge in [-0.2, -0.15) is 0 Å². The molecule has 0 spiro atoms. The molecule has 0 bridgehead atoms. The lowest BCUT2D eigenvalue weighted by atomic mass is 9.96. The second-order valence-corrected chi connectivity index (χ2v) is 12.0. The Morgan fingerprint density at radius 3 is 1.93 bits per heavy atom. The zero-order valence-corrected chi connectivity index (χ0v) is 27.2. The third kappa shape index (κ3) is 6.55. The summed E-state index contributed by atoms with van der Waals surface area (Å²) in [5.74, 6) is -3.55. The average molecular weight is 615 g/mol. The number of aliphatic imine (C=N–C) groups is 1. The molecule has 0 saturated carbocycles. The molecule has 0 radical (unpaired) electrons. The van der Waals surface area contributed by atoms with Gasteiger partial charge in [0.15, 0.2) is 0 Å². The normalized spacial score (nSPS) is 18.4. The van der Waals surface area contributed by atoms with E-state index in [0.29, 0.717) is 51.8 Å². The van der Waals surface area contributed by atoms with Crippen molar-refractivity contribution in [2.45, 2.75) is 81.1 Å². The molecule has 45 heavy (non-hydrogen) atoms. The lowest BCUT2D eigenvalue weighted by Crippen LogP contribution is -2.19. The molecule has 2 aliphatic heterocycles. The summed E-state index contributed by atoms with van der Waals surface area (Å²) in [6.45, 7) is 14.7. The van der Waals surface area contributed by atoms with Crippen LogP contribution in [0, 0.1) is 25.7 Å². The first-order valence-electron chi connectivity index (χ1n) is 15.3. The molecule has 10 nitrogen and oxygen atoms in total. The van der Waals surface area contributed by atoms with Crippen LogP contribution in [0.3, 0.4) is 0 Å². The topological polar surface area (TPSA) is 165 Å². The second kappa shape index (κ2) is 13.1. The van der Waals surface area contributed by atoms with E-state index in [-0.39, 0.29) is 24.7 Å². The van der Waals surface area contributed by atoms with E-state index in [1.165, 1.54) is 0 Å². The number of carboxylic acid groups (broad SMARTS) is 2. The molecule has 2 amide bonds. The van der Waals surface area contributed by atoms with Gasteiger partial charge in [0, 0.05) is 38.9 Å². The maximum atomic E-state index is 12.4. The smallest absolute Gasteiger partial charge is 0.306 e. The zero-order valence-electron chi connectivity index (χ0n) is 27.2. The molecular formula is C35H42N4O6. The Morgan fingerprint density at radius 1 is 0.756 bits per heavy atom. The van der Waals surface area contributed by atoms with Gasteiger partial charge in [0.05, 0.1) is 17.5 Å². The van der Waals surface area contributed by atoms with E-state index in [0.717, 1.165) is 39.1 Å². The Balaban J connectivity index is 1.96. The van der Waals surface area contributed by atoms with Crippen LogP contribution in [-0.4, -0.2) is 49.6 Å². The monoisotopic (exact) mass is 614 g/mol. The predicted molar refractivity (Wildman–Crippen MR) is 174 cm³/mol. The third-order valence-corrected chi connectivity index (χ3v) is 9.00. The van der Waals surface area contributed by atoms with Crippen LogP contribution in [0.4, 0.5) is 0 Å². The molecule has 0 aliphatic carbocycles. The van der Waals surface area contributed by atoms with E-state index in [4.69, 9.17) is 0 Å². The van der Waals surface area contributed by atoms with E-state index in [1.54, 1.807) is 27.7 Å². The fourth-order valence-electron chi connectivity index (χ4n) is 5.99. The Bertz CT molecular complexity index is 1860. The molecule has 0 aromatic carbocycles. The van der Waals surface area contributed by atoms with Crippen molar-refractivity contribution in [3.63, 3.8) is 0 Å². The van der Waals surface area contributed by atoms with Crippen molar-refractivity contribution in [1.82, 2.24) is 15.3 Å². The van der Waals surface area contributed by atoms with Crippen LogP contribution in [0.2, 0.25) is 0 Å². The molecule has 10 heteroatoms. The van der Waals surface area contributed by atoms with Crippen molar-refractivity contribution in [2.24, 2.45) is 16.8 Å². The van der Waals surface area contributed by atoms with Gasteiger partial charge in [0.2, 0.25) is 0 Å². The highest BCUT2D eigenvalue weighted by Crippen LogP contribution is 2.29. The van der Waals surface area contributed by atoms with E-state index in [9.17, 15) is 29.4 Å². The minimum Gasteiger partial charge on any atom is -0.481 e. The van der Waals surface area contributed by atoms with Gasteiger partial charge in [-0.3, -0.25) is 19.2 Å². The first-order chi connectivity index (χ1) is 21.2. The highest BCUT2D eigenvalue weighted by atomic mass is 16.4. The molecule has 2 aliphatic rings. The summed E-state index contributed by atoms with van der Waals surface area (Å²) in [5.41, 5.74) is 9.14. The number of nitrogens with one attached hydrogen (secondary N) is 3. The number of nitrogens with zero attached hydrogens (tertiary/aromatic N) is 1. The van der Waals surface area contributed by atoms with Gasteiger partial charge in [-0.1, -0.05) is 27.7 Å². The van der Waals surface area contributed by atoms with Gasteiger partial charge in [0.25, 0.3) is 11.8 Å². The highest BCUT2D eigenvalue weighted by Gasteiger charge is 2.25. The first kappa shape index (κ1) is 33.2. The largest absolute Gasteiger partial charge is 0.481 e. The second-order valence-electron chi connectivity index (χ2n) is 12.0. The lowest BCUT2D eigenvalue weighted by molar-refractivity contribution is -0.142. The number of hydrogen-bond donors (Lipinski definition) is 5. The van der Waals surface area contributed by atoms with Crippen molar-refractivity contribution < 1.29 is 29.4 Å². The molecular weight excluding hydrogens is 572 g/mol.